The van der Waals surface area contributed by atoms with Crippen molar-refractivity contribution in [3.63, 3.8) is 0 Å². The van der Waals surface area contributed by atoms with Gasteiger partial charge in [0.1, 0.15) is 22.2 Å². The van der Waals surface area contributed by atoms with Gasteiger partial charge in [-0.05, 0) is 59.2 Å². The van der Waals surface area contributed by atoms with Gasteiger partial charge >= 0.3 is 6.09 Å². The van der Waals surface area contributed by atoms with Crippen molar-refractivity contribution in [1.29, 1.82) is 5.26 Å². The van der Waals surface area contributed by atoms with Gasteiger partial charge < -0.3 is 14.4 Å². The summed E-state index contributed by atoms with van der Waals surface area (Å²) in [6, 6.07) is 3.33. The van der Waals surface area contributed by atoms with E-state index in [1.807, 2.05) is 0 Å². The fourth-order valence-electron chi connectivity index (χ4n) is 7.12. The third kappa shape index (κ3) is 5.62. The minimum atomic E-state index is -0.795. The number of hydrogen-bond donors (Lipinski definition) is 1. The summed E-state index contributed by atoms with van der Waals surface area (Å²) < 4.78 is 43.4. The number of anilines is 2. The molecule has 0 aliphatic carbocycles. The quantitative estimate of drug-likeness (QED) is 0.274. The van der Waals surface area contributed by atoms with Crippen molar-refractivity contribution >= 4 is 49.4 Å². The van der Waals surface area contributed by atoms with Gasteiger partial charge in [0.25, 0.3) is 0 Å². The molecule has 3 aliphatic heterocycles. The lowest BCUT2D eigenvalue weighted by atomic mass is 9.94. The van der Waals surface area contributed by atoms with E-state index in [1.54, 1.807) is 27.0 Å². The summed E-state index contributed by atoms with van der Waals surface area (Å²) in [5, 5.41) is 13.5. The Bertz CT molecular complexity index is 1980. The lowest BCUT2D eigenvalue weighted by Crippen LogP contribution is -2.57. The first kappa shape index (κ1) is 32.5. The molecule has 2 saturated heterocycles. The number of likely N-dealkylation sites (N-methyl/N-ethyl adjacent to an activating group) is 1. The highest BCUT2D eigenvalue weighted by molar-refractivity contribution is 7.23. The van der Waals surface area contributed by atoms with Gasteiger partial charge in [0, 0.05) is 66.8 Å². The lowest BCUT2D eigenvalue weighted by molar-refractivity contribution is 0.0388. The van der Waals surface area contributed by atoms with Crippen molar-refractivity contribution < 1.29 is 23.0 Å². The van der Waals surface area contributed by atoms with Crippen LogP contribution in [-0.4, -0.2) is 87.8 Å². The number of benzene rings is 1. The number of nitrogens with zero attached hydrogens (tertiary/aromatic N) is 7. The minimum absolute atomic E-state index is 0.0333. The zero-order chi connectivity index (χ0) is 34.1. The molecule has 252 valence electrons. The molecule has 1 aromatic carbocycles. The van der Waals surface area contributed by atoms with E-state index < -0.39 is 23.3 Å². The lowest BCUT2D eigenvalue weighted by Gasteiger charge is -2.44. The molecule has 0 radical (unpaired) electrons. The van der Waals surface area contributed by atoms with Crippen LogP contribution < -0.4 is 10.2 Å². The Labute approximate surface area is 281 Å². The number of rotatable bonds is 4. The molecule has 0 bridgehead atoms. The second-order valence-electron chi connectivity index (χ2n) is 14.0. The fourth-order valence-corrected chi connectivity index (χ4v) is 8.16. The van der Waals surface area contributed by atoms with Crippen molar-refractivity contribution in [2.75, 3.05) is 43.4 Å². The van der Waals surface area contributed by atoms with Crippen molar-refractivity contribution in [1.82, 2.24) is 24.8 Å². The second kappa shape index (κ2) is 12.1. The SMILES string of the molecule is C[C@@H]1CN([C@@H]2CCN(c3ncc4c5c(c(-c6ncc(F)c7sc(NC(=O)OC(C)(C)C)c(C#N)c67)c(F)c4n3)COC5)C2)C[C@@H](C)N1C. The maximum atomic E-state index is 17.0. The van der Waals surface area contributed by atoms with E-state index >= 15 is 8.78 Å². The number of thiophene rings is 1. The second-order valence-corrected chi connectivity index (χ2v) is 15.0. The third-order valence-electron chi connectivity index (χ3n) is 9.67. The number of pyridine rings is 1. The van der Waals surface area contributed by atoms with Crippen LogP contribution in [0, 0.1) is 23.0 Å². The Morgan fingerprint density at radius 1 is 1.12 bits per heavy atom. The van der Waals surface area contributed by atoms with E-state index in [-0.39, 0.29) is 50.6 Å². The average molecular weight is 677 g/mol. The summed E-state index contributed by atoms with van der Waals surface area (Å²) in [7, 11) is 2.17. The molecular weight excluding hydrogens is 638 g/mol. The Kier molecular flexibility index (Phi) is 8.22. The number of carbonyl (C=O) groups is 1. The number of halogens is 2. The van der Waals surface area contributed by atoms with Crippen LogP contribution in [0.25, 0.3) is 32.2 Å². The maximum Gasteiger partial charge on any atom is 0.412 e. The molecule has 0 spiro atoms. The molecule has 3 atom stereocenters. The molecule has 2 fully saturated rings. The zero-order valence-corrected chi connectivity index (χ0v) is 28.7. The fraction of sp³-hybridized carbons (Fsp3) is 0.500. The number of nitrogens with one attached hydrogen (secondary N) is 1. The van der Waals surface area contributed by atoms with E-state index in [0.717, 1.165) is 55.7 Å². The molecule has 48 heavy (non-hydrogen) atoms. The van der Waals surface area contributed by atoms with Crippen molar-refractivity contribution in [3.8, 4) is 17.3 Å². The summed E-state index contributed by atoms with van der Waals surface area (Å²) in [4.78, 5) is 33.5. The van der Waals surface area contributed by atoms with Crippen LogP contribution in [0.15, 0.2) is 12.4 Å². The summed E-state index contributed by atoms with van der Waals surface area (Å²) in [5.41, 5.74) is 0.748. The van der Waals surface area contributed by atoms with Crippen LogP contribution in [0.3, 0.4) is 0 Å². The molecule has 11 nitrogen and oxygen atoms in total. The van der Waals surface area contributed by atoms with E-state index in [9.17, 15) is 10.1 Å². The van der Waals surface area contributed by atoms with E-state index in [1.165, 1.54) is 0 Å². The normalized spacial score (nSPS) is 22.0. The van der Waals surface area contributed by atoms with Gasteiger partial charge in [0.2, 0.25) is 5.95 Å². The summed E-state index contributed by atoms with van der Waals surface area (Å²) >= 11 is 0.870. The predicted octanol–water partition coefficient (Wildman–Crippen LogP) is 6.04. The highest BCUT2D eigenvalue weighted by atomic mass is 32.1. The Morgan fingerprint density at radius 3 is 2.56 bits per heavy atom. The van der Waals surface area contributed by atoms with Gasteiger partial charge in [-0.25, -0.2) is 23.5 Å². The van der Waals surface area contributed by atoms with Crippen LogP contribution in [0.5, 0.6) is 0 Å². The van der Waals surface area contributed by atoms with Gasteiger partial charge in [-0.15, -0.1) is 11.3 Å². The number of fused-ring (bicyclic) bond motifs is 4. The summed E-state index contributed by atoms with van der Waals surface area (Å²) in [6.45, 7) is 13.4. The highest BCUT2D eigenvalue weighted by Gasteiger charge is 2.36. The van der Waals surface area contributed by atoms with Crippen molar-refractivity contribution in [2.45, 2.75) is 78.0 Å². The van der Waals surface area contributed by atoms with E-state index in [0.29, 0.717) is 35.0 Å². The molecule has 1 N–H and O–H groups in total. The van der Waals surface area contributed by atoms with Crippen LogP contribution in [0.4, 0.5) is 24.5 Å². The van der Waals surface area contributed by atoms with Crippen molar-refractivity contribution in [2.24, 2.45) is 0 Å². The largest absolute Gasteiger partial charge is 0.444 e. The molecule has 0 saturated carbocycles. The Balaban J connectivity index is 1.29. The highest BCUT2D eigenvalue weighted by Crippen LogP contribution is 2.46. The van der Waals surface area contributed by atoms with Crippen LogP contribution >= 0.6 is 11.3 Å². The Morgan fingerprint density at radius 2 is 1.85 bits per heavy atom. The smallest absolute Gasteiger partial charge is 0.412 e. The molecule has 1 amide bonds. The van der Waals surface area contributed by atoms with Gasteiger partial charge in [-0.1, -0.05) is 0 Å². The molecule has 14 heteroatoms. The molecular formula is C34H38F2N8O3S. The molecule has 4 aromatic rings. The zero-order valence-electron chi connectivity index (χ0n) is 27.9. The summed E-state index contributed by atoms with van der Waals surface area (Å²) in [6.07, 6.45) is 2.83. The number of ether oxygens (including phenoxy) is 2. The number of carbonyl (C=O) groups excluding carboxylic acids is 1. The number of amides is 1. The van der Waals surface area contributed by atoms with E-state index in [4.69, 9.17) is 14.5 Å². The topological polar surface area (TPSA) is 120 Å². The number of aromatic nitrogens is 3. The standard InChI is InChI=1S/C34H38F2N8O3S/c1-17-12-44(13-18(2)42(17)6)19-7-8-43(14-19)32-39-10-21-22-15-46-16-23(22)25(27(36)28(21)40-32)29-26-20(9-37)31(41-33(45)47-34(3,4)5)48-30(26)24(35)11-38-29/h10-11,17-19H,7-8,12-16H2,1-6H3,(H,41,45)/t17-,18-,19-/m1/s1. The first-order chi connectivity index (χ1) is 22.8. The average Bonchev–Trinajstić information content (AvgIpc) is 3.79. The van der Waals surface area contributed by atoms with Gasteiger partial charge in [0.15, 0.2) is 11.6 Å². The van der Waals surface area contributed by atoms with Crippen LogP contribution in [0.2, 0.25) is 0 Å². The summed E-state index contributed by atoms with van der Waals surface area (Å²) in [5.74, 6) is -0.898. The molecule has 3 aromatic heterocycles. The van der Waals surface area contributed by atoms with Gasteiger partial charge in [0.05, 0.1) is 35.4 Å². The monoisotopic (exact) mass is 676 g/mol. The van der Waals surface area contributed by atoms with Crippen LogP contribution in [0.1, 0.15) is 57.7 Å². The first-order valence-corrected chi connectivity index (χ1v) is 17.0. The van der Waals surface area contributed by atoms with Crippen molar-refractivity contribution in [3.05, 3.63) is 40.7 Å². The number of piperazine rings is 1. The molecule has 7 rings (SSSR count). The van der Waals surface area contributed by atoms with Crippen LogP contribution in [-0.2, 0) is 22.7 Å². The maximum absolute atomic E-state index is 17.0. The number of hydrogen-bond acceptors (Lipinski definition) is 11. The molecule has 0 unspecified atom stereocenters. The Hall–Kier alpha value is -4.03. The third-order valence-corrected chi connectivity index (χ3v) is 10.8. The van der Waals surface area contributed by atoms with E-state index in [2.05, 4.69) is 56.9 Å². The van der Waals surface area contributed by atoms with Gasteiger partial charge in [-0.2, -0.15) is 5.26 Å². The van der Waals surface area contributed by atoms with Gasteiger partial charge in [-0.3, -0.25) is 20.1 Å². The minimum Gasteiger partial charge on any atom is -0.444 e. The number of nitriles is 1. The predicted molar refractivity (Wildman–Crippen MR) is 180 cm³/mol. The first-order valence-electron chi connectivity index (χ1n) is 16.1. The molecule has 6 heterocycles. The molecule has 3 aliphatic rings.